The van der Waals surface area contributed by atoms with E-state index in [1.54, 1.807) is 12.4 Å². The van der Waals surface area contributed by atoms with Crippen LogP contribution in [0.5, 0.6) is 0 Å². The maximum Gasteiger partial charge on any atom is 0.216 e. The third-order valence-corrected chi connectivity index (χ3v) is 5.72. The van der Waals surface area contributed by atoms with Crippen molar-refractivity contribution >= 4 is 11.5 Å². The highest BCUT2D eigenvalue weighted by molar-refractivity contribution is 6.04. The lowest BCUT2D eigenvalue weighted by Gasteiger charge is -2.46. The first-order valence-electron chi connectivity index (χ1n) is 10.4. The third kappa shape index (κ3) is 3.85. The number of nitrogens with one attached hydrogen (secondary N) is 3. The van der Waals surface area contributed by atoms with Crippen molar-refractivity contribution in [2.24, 2.45) is 4.99 Å². The van der Waals surface area contributed by atoms with Crippen molar-refractivity contribution in [3.8, 4) is 0 Å². The van der Waals surface area contributed by atoms with Crippen LogP contribution in [0.1, 0.15) is 11.7 Å². The maximum atomic E-state index is 5.62. The van der Waals surface area contributed by atoms with E-state index in [2.05, 4.69) is 61.0 Å². The standard InChI is InChI=1S/C22H26N8O/c1-29-11-6-17(16-20(29)19-4-10-25-28-19)22(30-12-14-31-15-13-30)24-9-5-21(27-22)26-18-2-7-23-8-3-18/h2-11,16,20,24H,12-15H2,1H3,(H,25,28)(H,23,26,27). The van der Waals surface area contributed by atoms with Gasteiger partial charge in [-0.15, -0.1) is 0 Å². The average molecular weight is 419 g/mol. The predicted molar refractivity (Wildman–Crippen MR) is 119 cm³/mol. The number of amidine groups is 1. The molecular formula is C22H26N8O. The molecule has 3 aliphatic rings. The molecule has 3 aliphatic heterocycles. The maximum absolute atomic E-state index is 5.62. The van der Waals surface area contributed by atoms with Gasteiger partial charge in [0.15, 0.2) is 0 Å². The number of rotatable bonds is 4. The van der Waals surface area contributed by atoms with Crippen LogP contribution in [0.2, 0.25) is 0 Å². The van der Waals surface area contributed by atoms with Crippen LogP contribution in [0, 0.1) is 0 Å². The Balaban J connectivity index is 1.54. The Labute approximate surface area is 181 Å². The summed E-state index contributed by atoms with van der Waals surface area (Å²) >= 11 is 0. The monoisotopic (exact) mass is 418 g/mol. The van der Waals surface area contributed by atoms with Crippen LogP contribution in [0.3, 0.4) is 0 Å². The number of nitrogens with zero attached hydrogens (tertiary/aromatic N) is 5. The van der Waals surface area contributed by atoms with E-state index in [1.165, 1.54) is 0 Å². The Kier molecular flexibility index (Phi) is 5.27. The normalized spacial score (nSPS) is 26.2. The molecule has 0 amide bonds. The number of aromatic amines is 1. The number of likely N-dealkylation sites (N-methyl/N-ethyl adjacent to an activating group) is 1. The number of H-pyrrole nitrogens is 1. The van der Waals surface area contributed by atoms with Crippen molar-refractivity contribution in [2.45, 2.75) is 11.8 Å². The zero-order valence-corrected chi connectivity index (χ0v) is 17.4. The summed E-state index contributed by atoms with van der Waals surface area (Å²) in [6.07, 6.45) is 15.7. The highest BCUT2D eigenvalue weighted by Crippen LogP contribution is 2.35. The van der Waals surface area contributed by atoms with Crippen LogP contribution in [0.4, 0.5) is 5.69 Å². The second kappa shape index (κ2) is 8.37. The Hall–Kier alpha value is -3.43. The Bertz CT molecular complexity index is 1010. The molecule has 1 saturated heterocycles. The fourth-order valence-corrected chi connectivity index (χ4v) is 4.11. The van der Waals surface area contributed by atoms with E-state index in [4.69, 9.17) is 9.73 Å². The van der Waals surface area contributed by atoms with Crippen molar-refractivity contribution in [3.05, 3.63) is 78.7 Å². The molecule has 5 heterocycles. The summed E-state index contributed by atoms with van der Waals surface area (Å²) in [6, 6.07) is 5.88. The number of pyridine rings is 1. The van der Waals surface area contributed by atoms with Crippen LogP contribution in [-0.4, -0.2) is 70.0 Å². The van der Waals surface area contributed by atoms with Crippen LogP contribution < -0.4 is 10.6 Å². The van der Waals surface area contributed by atoms with Crippen LogP contribution in [0.15, 0.2) is 78.0 Å². The molecule has 0 radical (unpaired) electrons. The highest BCUT2D eigenvalue weighted by atomic mass is 16.5. The van der Waals surface area contributed by atoms with Gasteiger partial charge in [0.05, 0.1) is 24.9 Å². The number of aromatic nitrogens is 3. The number of anilines is 1. The van der Waals surface area contributed by atoms with Gasteiger partial charge in [-0.25, -0.2) is 4.99 Å². The van der Waals surface area contributed by atoms with E-state index >= 15 is 0 Å². The molecule has 5 rings (SSSR count). The van der Waals surface area contributed by atoms with Crippen molar-refractivity contribution in [3.63, 3.8) is 0 Å². The van der Waals surface area contributed by atoms with E-state index in [0.717, 1.165) is 35.9 Å². The van der Waals surface area contributed by atoms with Gasteiger partial charge in [0.2, 0.25) is 5.79 Å². The lowest BCUT2D eigenvalue weighted by atomic mass is 9.97. The fourth-order valence-electron chi connectivity index (χ4n) is 4.11. The van der Waals surface area contributed by atoms with Crippen LogP contribution >= 0.6 is 0 Å². The first kappa shape index (κ1) is 19.5. The molecule has 9 heteroatoms. The lowest BCUT2D eigenvalue weighted by molar-refractivity contribution is -0.0139. The van der Waals surface area contributed by atoms with Gasteiger partial charge in [0.25, 0.3) is 0 Å². The van der Waals surface area contributed by atoms with E-state index in [1.807, 2.05) is 36.7 Å². The SMILES string of the molecule is CN1C=CC(C2(N3CCOCC3)N=C(Nc3ccncc3)C=CN2)=CC1c1cc[nH]n1. The summed E-state index contributed by atoms with van der Waals surface area (Å²) in [7, 11) is 2.05. The average Bonchev–Trinajstić information content (AvgIpc) is 3.35. The minimum atomic E-state index is -0.736. The highest BCUT2D eigenvalue weighted by Gasteiger charge is 2.42. The molecule has 0 aromatic carbocycles. The van der Waals surface area contributed by atoms with Gasteiger partial charge in [-0.1, -0.05) is 0 Å². The zero-order valence-electron chi connectivity index (χ0n) is 17.4. The Morgan fingerprint density at radius 3 is 2.77 bits per heavy atom. The van der Waals surface area contributed by atoms with Gasteiger partial charge in [-0.05, 0) is 36.4 Å². The summed E-state index contributed by atoms with van der Waals surface area (Å²) in [5.74, 6) is 0.0428. The molecule has 0 saturated carbocycles. The molecule has 2 atom stereocenters. The number of hydrogen-bond donors (Lipinski definition) is 3. The number of morpholine rings is 1. The summed E-state index contributed by atoms with van der Waals surface area (Å²) in [4.78, 5) is 13.8. The quantitative estimate of drug-likeness (QED) is 0.698. The Morgan fingerprint density at radius 1 is 1.16 bits per heavy atom. The molecule has 160 valence electrons. The van der Waals surface area contributed by atoms with Gasteiger partial charge in [0.1, 0.15) is 5.84 Å². The fraction of sp³-hybridized carbons (Fsp3) is 0.318. The molecular weight excluding hydrogens is 392 g/mol. The van der Waals surface area contributed by atoms with Crippen molar-refractivity contribution < 1.29 is 4.74 Å². The molecule has 1 fully saturated rings. The van der Waals surface area contributed by atoms with E-state index < -0.39 is 5.79 Å². The van der Waals surface area contributed by atoms with Gasteiger partial charge in [0, 0.05) is 62.4 Å². The van der Waals surface area contributed by atoms with Crippen LogP contribution in [0.25, 0.3) is 0 Å². The summed E-state index contributed by atoms with van der Waals surface area (Å²) in [5.41, 5.74) is 2.98. The molecule has 2 unspecified atom stereocenters. The van der Waals surface area contributed by atoms with Gasteiger partial charge >= 0.3 is 0 Å². The number of ether oxygens (including phenoxy) is 1. The van der Waals surface area contributed by atoms with Crippen molar-refractivity contribution in [1.29, 1.82) is 0 Å². The molecule has 2 aromatic rings. The van der Waals surface area contributed by atoms with Gasteiger partial charge in [-0.3, -0.25) is 15.0 Å². The molecule has 0 bridgehead atoms. The number of hydrogen-bond acceptors (Lipinski definition) is 8. The lowest BCUT2D eigenvalue weighted by Crippen LogP contribution is -2.62. The predicted octanol–water partition coefficient (Wildman–Crippen LogP) is 1.84. The second-order valence-corrected chi connectivity index (χ2v) is 7.65. The molecule has 3 N–H and O–H groups in total. The minimum absolute atomic E-state index is 0.0173. The molecule has 0 aliphatic carbocycles. The Morgan fingerprint density at radius 2 is 2.00 bits per heavy atom. The van der Waals surface area contributed by atoms with E-state index in [-0.39, 0.29) is 6.04 Å². The van der Waals surface area contributed by atoms with Gasteiger partial charge < -0.3 is 20.3 Å². The van der Waals surface area contributed by atoms with Crippen LogP contribution in [-0.2, 0) is 4.74 Å². The zero-order chi connectivity index (χ0) is 21.1. The van der Waals surface area contributed by atoms with Gasteiger partial charge in [-0.2, -0.15) is 5.10 Å². The van der Waals surface area contributed by atoms with E-state index in [9.17, 15) is 0 Å². The smallest absolute Gasteiger partial charge is 0.216 e. The first-order chi connectivity index (χ1) is 15.2. The largest absolute Gasteiger partial charge is 0.379 e. The van der Waals surface area contributed by atoms with E-state index in [0.29, 0.717) is 13.2 Å². The van der Waals surface area contributed by atoms with Crippen molar-refractivity contribution in [2.75, 3.05) is 38.7 Å². The van der Waals surface area contributed by atoms with Crippen molar-refractivity contribution in [1.82, 2.24) is 30.3 Å². The minimum Gasteiger partial charge on any atom is -0.379 e. The summed E-state index contributed by atoms with van der Waals surface area (Å²) < 4.78 is 5.62. The summed E-state index contributed by atoms with van der Waals surface area (Å²) in [6.45, 7) is 2.91. The molecule has 0 spiro atoms. The molecule has 31 heavy (non-hydrogen) atoms. The molecule has 2 aromatic heterocycles. The third-order valence-electron chi connectivity index (χ3n) is 5.72. The summed E-state index contributed by atoms with van der Waals surface area (Å²) in [5, 5.41) is 14.3. The number of aliphatic imine (C=N–C) groups is 1. The topological polar surface area (TPSA) is 93.7 Å². The first-order valence-corrected chi connectivity index (χ1v) is 10.4. The molecule has 9 nitrogen and oxygen atoms in total. The second-order valence-electron chi connectivity index (χ2n) is 7.65.